The van der Waals surface area contributed by atoms with Gasteiger partial charge in [0.1, 0.15) is 4.90 Å². The largest absolute Gasteiger partial charge is 0.371 e. The van der Waals surface area contributed by atoms with Gasteiger partial charge in [0.25, 0.3) is 0 Å². The fraction of sp³-hybridized carbons (Fsp3) is 0.545. The molecule has 2 unspecified atom stereocenters. The molecule has 6 nitrogen and oxygen atoms in total. The second kappa shape index (κ2) is 5.31. The van der Waals surface area contributed by atoms with E-state index in [2.05, 4.69) is 4.98 Å². The molecule has 1 aromatic rings. The molecule has 0 bridgehead atoms. The van der Waals surface area contributed by atoms with Gasteiger partial charge < -0.3 is 10.5 Å². The topological polar surface area (TPSA) is 85.5 Å². The third-order valence-corrected chi connectivity index (χ3v) is 4.64. The first-order valence-electron chi connectivity index (χ1n) is 5.79. The highest BCUT2D eigenvalue weighted by Gasteiger charge is 2.33. The Morgan fingerprint density at radius 1 is 1.56 bits per heavy atom. The first-order chi connectivity index (χ1) is 8.54. The molecule has 1 aromatic heterocycles. The summed E-state index contributed by atoms with van der Waals surface area (Å²) in [5.41, 5.74) is 5.55. The summed E-state index contributed by atoms with van der Waals surface area (Å²) in [4.78, 5) is 4.05. The van der Waals surface area contributed by atoms with E-state index in [-0.39, 0.29) is 23.6 Å². The molecule has 2 rings (SSSR count). The highest BCUT2D eigenvalue weighted by molar-refractivity contribution is 7.89. The van der Waals surface area contributed by atoms with E-state index in [4.69, 9.17) is 10.5 Å². The van der Waals surface area contributed by atoms with Crippen LogP contribution < -0.4 is 5.73 Å². The summed E-state index contributed by atoms with van der Waals surface area (Å²) in [5, 5.41) is 0. The van der Waals surface area contributed by atoms with Gasteiger partial charge in [-0.05, 0) is 19.1 Å². The van der Waals surface area contributed by atoms with Gasteiger partial charge in [0.15, 0.2) is 0 Å². The molecule has 1 saturated heterocycles. The quantitative estimate of drug-likeness (QED) is 0.824. The van der Waals surface area contributed by atoms with Crippen molar-refractivity contribution in [3.05, 3.63) is 24.5 Å². The number of aromatic nitrogens is 1. The summed E-state index contributed by atoms with van der Waals surface area (Å²) in [6, 6.07) is 3.15. The van der Waals surface area contributed by atoms with Gasteiger partial charge in [-0.3, -0.25) is 4.98 Å². The number of nitrogens with two attached hydrogens (primary N) is 1. The smallest absolute Gasteiger partial charge is 0.244 e. The van der Waals surface area contributed by atoms with Gasteiger partial charge in [-0.15, -0.1) is 0 Å². The maximum Gasteiger partial charge on any atom is 0.244 e. The lowest BCUT2D eigenvalue weighted by Crippen LogP contribution is -2.51. The van der Waals surface area contributed by atoms with Crippen molar-refractivity contribution in [1.82, 2.24) is 9.29 Å². The molecule has 100 valence electrons. The van der Waals surface area contributed by atoms with E-state index < -0.39 is 10.0 Å². The minimum Gasteiger partial charge on any atom is -0.371 e. The maximum atomic E-state index is 12.4. The Morgan fingerprint density at radius 2 is 2.33 bits per heavy atom. The molecule has 1 aliphatic heterocycles. The van der Waals surface area contributed by atoms with Crippen molar-refractivity contribution in [2.45, 2.75) is 24.0 Å². The van der Waals surface area contributed by atoms with Crippen LogP contribution in [0.3, 0.4) is 0 Å². The summed E-state index contributed by atoms with van der Waals surface area (Å²) in [6.45, 7) is 2.78. The van der Waals surface area contributed by atoms with Gasteiger partial charge in [-0.25, -0.2) is 8.42 Å². The van der Waals surface area contributed by atoms with Gasteiger partial charge in [-0.1, -0.05) is 0 Å². The molecule has 1 aliphatic rings. The van der Waals surface area contributed by atoms with Crippen LogP contribution in [0.2, 0.25) is 0 Å². The van der Waals surface area contributed by atoms with Crippen molar-refractivity contribution in [3.63, 3.8) is 0 Å². The molecule has 2 atom stereocenters. The lowest BCUT2D eigenvalue weighted by atomic mass is 10.2. The number of morpholine rings is 1. The lowest BCUT2D eigenvalue weighted by molar-refractivity contribution is -0.0486. The Kier molecular flexibility index (Phi) is 3.96. The van der Waals surface area contributed by atoms with E-state index in [0.29, 0.717) is 13.1 Å². The van der Waals surface area contributed by atoms with Gasteiger partial charge in [0.05, 0.1) is 12.2 Å². The zero-order valence-electron chi connectivity index (χ0n) is 10.2. The summed E-state index contributed by atoms with van der Waals surface area (Å²) >= 11 is 0. The molecule has 0 aromatic carbocycles. The average molecular weight is 271 g/mol. The molecular formula is C11H17N3O3S. The Morgan fingerprint density at radius 3 is 2.94 bits per heavy atom. The molecule has 2 heterocycles. The summed E-state index contributed by atoms with van der Waals surface area (Å²) in [5.74, 6) is 0. The minimum atomic E-state index is -3.50. The Hall–Kier alpha value is -1.02. The van der Waals surface area contributed by atoms with Crippen molar-refractivity contribution >= 4 is 10.0 Å². The van der Waals surface area contributed by atoms with Crippen LogP contribution in [0, 0.1) is 0 Å². The molecular weight excluding hydrogens is 254 g/mol. The van der Waals surface area contributed by atoms with Crippen LogP contribution >= 0.6 is 0 Å². The number of hydrogen-bond acceptors (Lipinski definition) is 5. The molecule has 0 amide bonds. The zero-order valence-corrected chi connectivity index (χ0v) is 11.0. The molecule has 0 spiro atoms. The summed E-state index contributed by atoms with van der Waals surface area (Å²) < 4.78 is 31.7. The predicted molar refractivity (Wildman–Crippen MR) is 66.4 cm³/mol. The van der Waals surface area contributed by atoms with Crippen LogP contribution in [0.5, 0.6) is 0 Å². The van der Waals surface area contributed by atoms with Crippen LogP contribution in [0.4, 0.5) is 0 Å². The fourth-order valence-electron chi connectivity index (χ4n) is 1.98. The number of nitrogens with zero attached hydrogens (tertiary/aromatic N) is 2. The first kappa shape index (κ1) is 13.4. The molecule has 2 N–H and O–H groups in total. The van der Waals surface area contributed by atoms with Crippen molar-refractivity contribution < 1.29 is 13.2 Å². The minimum absolute atomic E-state index is 0.154. The maximum absolute atomic E-state index is 12.4. The SMILES string of the molecule is CC1CN(S(=O)(=O)c2cccnc2)CC(CN)O1. The number of rotatable bonds is 3. The molecule has 18 heavy (non-hydrogen) atoms. The van der Waals surface area contributed by atoms with Crippen LogP contribution in [0.1, 0.15) is 6.92 Å². The molecule has 0 radical (unpaired) electrons. The number of ether oxygens (including phenoxy) is 1. The normalized spacial score (nSPS) is 26.1. The third kappa shape index (κ3) is 2.69. The van der Waals surface area contributed by atoms with E-state index in [1.54, 1.807) is 18.3 Å². The van der Waals surface area contributed by atoms with Crippen molar-refractivity contribution in [3.8, 4) is 0 Å². The average Bonchev–Trinajstić information content (AvgIpc) is 2.39. The van der Waals surface area contributed by atoms with Gasteiger partial charge in [0, 0.05) is 32.0 Å². The van der Waals surface area contributed by atoms with Crippen molar-refractivity contribution in [2.75, 3.05) is 19.6 Å². The monoisotopic (exact) mass is 271 g/mol. The van der Waals surface area contributed by atoms with Gasteiger partial charge in [-0.2, -0.15) is 4.31 Å². The molecule has 1 fully saturated rings. The summed E-state index contributed by atoms with van der Waals surface area (Å²) in [6.07, 6.45) is 2.50. The second-order valence-electron chi connectivity index (χ2n) is 4.32. The van der Waals surface area contributed by atoms with E-state index in [9.17, 15) is 8.42 Å². The van der Waals surface area contributed by atoms with E-state index >= 15 is 0 Å². The third-order valence-electron chi connectivity index (χ3n) is 2.83. The Bertz CT molecular complexity index is 492. The second-order valence-corrected chi connectivity index (χ2v) is 6.25. The molecule has 0 saturated carbocycles. The number of hydrogen-bond donors (Lipinski definition) is 1. The van der Waals surface area contributed by atoms with Crippen molar-refractivity contribution in [1.29, 1.82) is 0 Å². The zero-order chi connectivity index (χ0) is 13.2. The lowest BCUT2D eigenvalue weighted by Gasteiger charge is -2.35. The molecule has 7 heteroatoms. The standard InChI is InChI=1S/C11H17N3O3S/c1-9-7-14(8-10(5-12)17-9)18(15,16)11-3-2-4-13-6-11/h2-4,6,9-10H,5,7-8,12H2,1H3. The van der Waals surface area contributed by atoms with Gasteiger partial charge in [0.2, 0.25) is 10.0 Å². The highest BCUT2D eigenvalue weighted by atomic mass is 32.2. The number of sulfonamides is 1. The van der Waals surface area contributed by atoms with Crippen molar-refractivity contribution in [2.24, 2.45) is 5.73 Å². The van der Waals surface area contributed by atoms with E-state index in [1.165, 1.54) is 10.5 Å². The van der Waals surface area contributed by atoms with Crippen LogP contribution in [-0.4, -0.2) is 49.5 Å². The first-order valence-corrected chi connectivity index (χ1v) is 7.23. The van der Waals surface area contributed by atoms with E-state index in [0.717, 1.165) is 0 Å². The Labute approximate surface area is 107 Å². The Balaban J connectivity index is 2.25. The van der Waals surface area contributed by atoms with Crippen LogP contribution in [-0.2, 0) is 14.8 Å². The number of pyridine rings is 1. The summed E-state index contributed by atoms with van der Waals surface area (Å²) in [7, 11) is -3.50. The predicted octanol–water partition coefficient (Wildman–Crippen LogP) is -0.182. The van der Waals surface area contributed by atoms with E-state index in [1.807, 2.05) is 6.92 Å². The van der Waals surface area contributed by atoms with Crippen LogP contribution in [0.15, 0.2) is 29.4 Å². The van der Waals surface area contributed by atoms with Crippen LogP contribution in [0.25, 0.3) is 0 Å². The highest BCUT2D eigenvalue weighted by Crippen LogP contribution is 2.19. The molecule has 0 aliphatic carbocycles. The fourth-order valence-corrected chi connectivity index (χ4v) is 3.49. The van der Waals surface area contributed by atoms with Gasteiger partial charge >= 0.3 is 0 Å².